The van der Waals surface area contributed by atoms with Crippen molar-refractivity contribution in [2.75, 3.05) is 19.0 Å². The molecule has 2 N–H and O–H groups in total. The number of nitrogens with one attached hydrogen (secondary N) is 1. The summed E-state index contributed by atoms with van der Waals surface area (Å²) in [5, 5.41) is 13.8. The number of aryl methyl sites for hydroxylation is 2. The van der Waals surface area contributed by atoms with Crippen LogP contribution < -0.4 is 5.32 Å². The van der Waals surface area contributed by atoms with Crippen molar-refractivity contribution in [1.29, 1.82) is 0 Å². The van der Waals surface area contributed by atoms with Crippen molar-refractivity contribution in [1.82, 2.24) is 4.57 Å². The van der Waals surface area contributed by atoms with Crippen LogP contribution in [0, 0.1) is 13.8 Å². The van der Waals surface area contributed by atoms with Gasteiger partial charge in [-0.1, -0.05) is 13.0 Å². The molecule has 0 aliphatic heterocycles. The van der Waals surface area contributed by atoms with Gasteiger partial charge in [-0.15, -0.1) is 0 Å². The molecule has 1 aromatic carbocycles. The predicted octanol–water partition coefficient (Wildman–Crippen LogP) is 2.85. The summed E-state index contributed by atoms with van der Waals surface area (Å²) in [6, 6.07) is 4.33. The maximum Gasteiger partial charge on any atom is 0.0610 e. The molecule has 0 bridgehead atoms. The maximum atomic E-state index is 9.27. The summed E-state index contributed by atoms with van der Waals surface area (Å²) in [4.78, 5) is 0. The molecule has 0 saturated heterocycles. The van der Waals surface area contributed by atoms with Gasteiger partial charge >= 0.3 is 0 Å². The molecule has 0 amide bonds. The van der Waals surface area contributed by atoms with Crippen LogP contribution in [0.1, 0.15) is 23.7 Å². The van der Waals surface area contributed by atoms with Gasteiger partial charge in [0, 0.05) is 30.4 Å². The Morgan fingerprint density at radius 1 is 1.28 bits per heavy atom. The van der Waals surface area contributed by atoms with Crippen molar-refractivity contribution in [2.45, 2.75) is 33.7 Å². The Labute approximate surface area is 108 Å². The number of aromatic nitrogens is 1. The number of rotatable bonds is 4. The van der Waals surface area contributed by atoms with Crippen LogP contribution in [0.4, 0.5) is 5.69 Å². The summed E-state index contributed by atoms with van der Waals surface area (Å²) in [7, 11) is 1.96. The van der Waals surface area contributed by atoms with Gasteiger partial charge in [-0.25, -0.2) is 0 Å². The second-order valence-electron chi connectivity index (χ2n) is 4.69. The molecule has 0 unspecified atom stereocenters. The molecular formula is C15H22N2O. The van der Waals surface area contributed by atoms with Crippen LogP contribution in [0.5, 0.6) is 0 Å². The summed E-state index contributed by atoms with van der Waals surface area (Å²) >= 11 is 0. The van der Waals surface area contributed by atoms with Gasteiger partial charge in [0.2, 0.25) is 0 Å². The van der Waals surface area contributed by atoms with E-state index in [4.69, 9.17) is 0 Å². The Morgan fingerprint density at radius 3 is 2.56 bits per heavy atom. The summed E-state index contributed by atoms with van der Waals surface area (Å²) in [6.45, 7) is 7.30. The molecule has 2 aromatic rings. The first-order chi connectivity index (χ1) is 8.65. The number of aliphatic hydroxyl groups excluding tert-OH is 1. The first-order valence-electron chi connectivity index (χ1n) is 6.55. The summed E-state index contributed by atoms with van der Waals surface area (Å²) in [5.74, 6) is 0. The van der Waals surface area contributed by atoms with Crippen molar-refractivity contribution in [3.05, 3.63) is 29.0 Å². The van der Waals surface area contributed by atoms with Crippen molar-refractivity contribution >= 4 is 16.6 Å². The highest BCUT2D eigenvalue weighted by Gasteiger charge is 2.16. The van der Waals surface area contributed by atoms with E-state index >= 15 is 0 Å². The second kappa shape index (κ2) is 5.02. The van der Waals surface area contributed by atoms with Gasteiger partial charge in [0.25, 0.3) is 0 Å². The molecule has 0 aliphatic carbocycles. The minimum Gasteiger partial charge on any atom is -0.395 e. The predicted molar refractivity (Wildman–Crippen MR) is 77.4 cm³/mol. The van der Waals surface area contributed by atoms with E-state index in [0.29, 0.717) is 6.54 Å². The average Bonchev–Trinajstić information content (AvgIpc) is 2.64. The topological polar surface area (TPSA) is 37.2 Å². The third-order valence-electron chi connectivity index (χ3n) is 3.83. The molecule has 0 saturated carbocycles. The van der Waals surface area contributed by atoms with Crippen molar-refractivity contribution in [3.8, 4) is 0 Å². The zero-order valence-electron chi connectivity index (χ0n) is 11.7. The van der Waals surface area contributed by atoms with Crippen molar-refractivity contribution in [2.24, 2.45) is 0 Å². The van der Waals surface area contributed by atoms with Gasteiger partial charge in [0.05, 0.1) is 12.1 Å². The molecule has 0 radical (unpaired) electrons. The lowest BCUT2D eigenvalue weighted by atomic mass is 10.0. The van der Waals surface area contributed by atoms with Crippen LogP contribution in [-0.2, 0) is 13.0 Å². The zero-order chi connectivity index (χ0) is 13.3. The van der Waals surface area contributed by atoms with E-state index in [2.05, 4.69) is 42.8 Å². The fourth-order valence-electron chi connectivity index (χ4n) is 2.75. The number of anilines is 1. The van der Waals surface area contributed by atoms with Crippen LogP contribution in [0.2, 0.25) is 0 Å². The van der Waals surface area contributed by atoms with Crippen LogP contribution in [0.25, 0.3) is 10.9 Å². The van der Waals surface area contributed by atoms with Crippen LogP contribution >= 0.6 is 0 Å². The molecule has 0 atom stereocenters. The number of aliphatic hydroxyl groups is 1. The third-order valence-corrected chi connectivity index (χ3v) is 3.83. The molecule has 2 rings (SSSR count). The van der Waals surface area contributed by atoms with E-state index in [9.17, 15) is 5.11 Å². The smallest absolute Gasteiger partial charge is 0.0610 e. The molecule has 98 valence electrons. The Kier molecular flexibility index (Phi) is 3.62. The van der Waals surface area contributed by atoms with Crippen LogP contribution in [0.15, 0.2) is 12.1 Å². The molecule has 1 aromatic heterocycles. The normalized spacial score (nSPS) is 11.2. The first kappa shape index (κ1) is 13.0. The molecule has 3 heteroatoms. The van der Waals surface area contributed by atoms with E-state index < -0.39 is 0 Å². The molecule has 1 heterocycles. The Bertz CT molecular complexity index is 570. The third kappa shape index (κ3) is 1.79. The first-order valence-corrected chi connectivity index (χ1v) is 6.55. The average molecular weight is 246 g/mol. The number of hydrogen-bond acceptors (Lipinski definition) is 2. The largest absolute Gasteiger partial charge is 0.395 e. The van der Waals surface area contributed by atoms with Crippen LogP contribution in [0.3, 0.4) is 0 Å². The van der Waals surface area contributed by atoms with E-state index in [-0.39, 0.29) is 6.61 Å². The van der Waals surface area contributed by atoms with Gasteiger partial charge in [-0.05, 0) is 37.5 Å². The molecule has 3 nitrogen and oxygen atoms in total. The monoisotopic (exact) mass is 246 g/mol. The minimum atomic E-state index is 0.178. The van der Waals surface area contributed by atoms with Crippen molar-refractivity contribution in [3.63, 3.8) is 0 Å². The summed E-state index contributed by atoms with van der Waals surface area (Å²) in [6.07, 6.45) is 1.01. The highest BCUT2D eigenvalue weighted by Crippen LogP contribution is 2.34. The fourth-order valence-corrected chi connectivity index (χ4v) is 2.75. The van der Waals surface area contributed by atoms with E-state index in [0.717, 1.165) is 6.42 Å². The Morgan fingerprint density at radius 2 is 2.00 bits per heavy atom. The maximum absolute atomic E-state index is 9.27. The highest BCUT2D eigenvalue weighted by atomic mass is 16.3. The van der Waals surface area contributed by atoms with Gasteiger partial charge in [-0.3, -0.25) is 0 Å². The quantitative estimate of drug-likeness (QED) is 0.870. The van der Waals surface area contributed by atoms with Crippen molar-refractivity contribution < 1.29 is 5.11 Å². The zero-order valence-corrected chi connectivity index (χ0v) is 11.7. The number of benzene rings is 1. The minimum absolute atomic E-state index is 0.178. The lowest BCUT2D eigenvalue weighted by Crippen LogP contribution is -2.05. The SMILES string of the molecule is CCc1ccc(NC)c2c(C)c(C)n(CCO)c12. The van der Waals surface area contributed by atoms with Gasteiger partial charge < -0.3 is 15.0 Å². The summed E-state index contributed by atoms with van der Waals surface area (Å²) < 4.78 is 2.24. The number of nitrogens with zero attached hydrogens (tertiary/aromatic N) is 1. The molecular weight excluding hydrogens is 224 g/mol. The highest BCUT2D eigenvalue weighted by molar-refractivity contribution is 5.98. The molecule has 0 fully saturated rings. The lowest BCUT2D eigenvalue weighted by molar-refractivity contribution is 0.277. The number of fused-ring (bicyclic) bond motifs is 1. The summed E-state index contributed by atoms with van der Waals surface area (Å²) in [5.41, 5.74) is 6.33. The van der Waals surface area contributed by atoms with E-state index in [1.165, 1.54) is 33.4 Å². The van der Waals surface area contributed by atoms with E-state index in [1.54, 1.807) is 0 Å². The van der Waals surface area contributed by atoms with E-state index in [1.807, 2.05) is 7.05 Å². The number of hydrogen-bond donors (Lipinski definition) is 2. The van der Waals surface area contributed by atoms with Gasteiger partial charge in [0.15, 0.2) is 0 Å². The lowest BCUT2D eigenvalue weighted by Gasteiger charge is -2.11. The standard InChI is InChI=1S/C15H22N2O/c1-5-12-6-7-13(16-4)14-10(2)11(3)17(8-9-18)15(12)14/h6-7,16,18H,5,8-9H2,1-4H3. The molecule has 0 spiro atoms. The Hall–Kier alpha value is -1.48. The van der Waals surface area contributed by atoms with Crippen LogP contribution in [-0.4, -0.2) is 23.3 Å². The second-order valence-corrected chi connectivity index (χ2v) is 4.69. The molecule has 18 heavy (non-hydrogen) atoms. The Balaban J connectivity index is 2.87. The molecule has 0 aliphatic rings. The van der Waals surface area contributed by atoms with Gasteiger partial charge in [0.1, 0.15) is 0 Å². The van der Waals surface area contributed by atoms with Gasteiger partial charge in [-0.2, -0.15) is 0 Å². The fraction of sp³-hybridized carbons (Fsp3) is 0.467.